The largest absolute Gasteiger partial charge is 0.364 e. The smallest absolute Gasteiger partial charge is 0.121 e. The first kappa shape index (κ1) is 9.74. The Bertz CT molecular complexity index is 306. The number of aromatic nitrogens is 1. The summed E-state index contributed by atoms with van der Waals surface area (Å²) in [4.78, 5) is 0. The van der Waals surface area contributed by atoms with E-state index in [4.69, 9.17) is 10.5 Å². The minimum Gasteiger partial charge on any atom is -0.364 e. The van der Waals surface area contributed by atoms with Crippen molar-refractivity contribution >= 4 is 0 Å². The average Bonchev–Trinajstić information content (AvgIpc) is 2.49. The van der Waals surface area contributed by atoms with E-state index in [1.807, 2.05) is 0 Å². The SMILES string of the molecule is COCn1cc2c(c1)C(N)CCCC2. The number of methoxy groups -OCH3 is 1. The standard InChI is InChI=1S/C11H18N2O/c1-14-8-13-6-9-4-2-3-5-11(12)10(9)7-13/h6-7,11H,2-5,8,12H2,1H3. The van der Waals surface area contributed by atoms with Gasteiger partial charge in [-0.1, -0.05) is 6.42 Å². The highest BCUT2D eigenvalue weighted by Gasteiger charge is 2.16. The van der Waals surface area contributed by atoms with Gasteiger partial charge >= 0.3 is 0 Å². The second kappa shape index (κ2) is 4.15. The monoisotopic (exact) mass is 194 g/mol. The van der Waals surface area contributed by atoms with Gasteiger partial charge in [-0.3, -0.25) is 0 Å². The number of hydrogen-bond acceptors (Lipinski definition) is 2. The van der Waals surface area contributed by atoms with Crippen LogP contribution < -0.4 is 5.73 Å². The molecule has 0 amide bonds. The summed E-state index contributed by atoms with van der Waals surface area (Å²) >= 11 is 0. The molecule has 0 saturated heterocycles. The van der Waals surface area contributed by atoms with Crippen LogP contribution in [0, 0.1) is 0 Å². The third kappa shape index (κ3) is 1.83. The summed E-state index contributed by atoms with van der Waals surface area (Å²) in [7, 11) is 1.71. The van der Waals surface area contributed by atoms with Crippen molar-refractivity contribution in [3.63, 3.8) is 0 Å². The van der Waals surface area contributed by atoms with Crippen molar-refractivity contribution in [2.75, 3.05) is 7.11 Å². The number of nitrogens with two attached hydrogens (primary N) is 1. The maximum atomic E-state index is 6.10. The van der Waals surface area contributed by atoms with Gasteiger partial charge in [0.1, 0.15) is 6.73 Å². The second-order valence-corrected chi connectivity index (χ2v) is 4.02. The molecule has 78 valence electrons. The molecule has 0 aromatic carbocycles. The number of rotatable bonds is 2. The summed E-state index contributed by atoms with van der Waals surface area (Å²) in [6, 6.07) is 0.227. The molecule has 1 heterocycles. The van der Waals surface area contributed by atoms with Crippen molar-refractivity contribution in [2.45, 2.75) is 38.5 Å². The van der Waals surface area contributed by atoms with Crippen molar-refractivity contribution in [2.24, 2.45) is 5.73 Å². The second-order valence-electron chi connectivity index (χ2n) is 4.02. The molecule has 1 aliphatic carbocycles. The van der Waals surface area contributed by atoms with Crippen LogP contribution >= 0.6 is 0 Å². The van der Waals surface area contributed by atoms with E-state index in [1.165, 1.54) is 30.4 Å². The third-order valence-electron chi connectivity index (χ3n) is 2.89. The molecule has 14 heavy (non-hydrogen) atoms. The molecule has 2 rings (SSSR count). The van der Waals surface area contributed by atoms with E-state index in [9.17, 15) is 0 Å². The maximum absolute atomic E-state index is 6.10. The number of hydrogen-bond donors (Lipinski definition) is 1. The first-order chi connectivity index (χ1) is 6.81. The Kier molecular flexibility index (Phi) is 2.89. The van der Waals surface area contributed by atoms with E-state index in [2.05, 4.69) is 17.0 Å². The van der Waals surface area contributed by atoms with Gasteiger partial charge in [-0.05, 0) is 30.4 Å². The third-order valence-corrected chi connectivity index (χ3v) is 2.89. The Morgan fingerprint density at radius 3 is 3.14 bits per heavy atom. The molecule has 1 aromatic heterocycles. The fourth-order valence-corrected chi connectivity index (χ4v) is 2.18. The molecule has 0 bridgehead atoms. The Labute approximate surface area is 84.9 Å². The van der Waals surface area contributed by atoms with Crippen molar-refractivity contribution in [3.05, 3.63) is 23.5 Å². The van der Waals surface area contributed by atoms with Crippen LogP contribution in [0.2, 0.25) is 0 Å². The highest BCUT2D eigenvalue weighted by Crippen LogP contribution is 2.27. The van der Waals surface area contributed by atoms with E-state index in [0.29, 0.717) is 6.73 Å². The minimum absolute atomic E-state index is 0.227. The molecule has 1 unspecified atom stereocenters. The van der Waals surface area contributed by atoms with Crippen LogP contribution in [0.3, 0.4) is 0 Å². The zero-order valence-corrected chi connectivity index (χ0v) is 8.70. The van der Waals surface area contributed by atoms with Crippen molar-refractivity contribution in [3.8, 4) is 0 Å². The molecule has 0 radical (unpaired) electrons. The summed E-state index contributed by atoms with van der Waals surface area (Å²) in [5, 5.41) is 0. The molecule has 0 fully saturated rings. The van der Waals surface area contributed by atoms with E-state index < -0.39 is 0 Å². The Morgan fingerprint density at radius 1 is 1.50 bits per heavy atom. The molecule has 3 heteroatoms. The van der Waals surface area contributed by atoms with Gasteiger partial charge < -0.3 is 15.0 Å². The first-order valence-corrected chi connectivity index (χ1v) is 5.24. The molecule has 1 aromatic rings. The van der Waals surface area contributed by atoms with Gasteiger partial charge in [-0.2, -0.15) is 0 Å². The van der Waals surface area contributed by atoms with Gasteiger partial charge in [-0.15, -0.1) is 0 Å². The van der Waals surface area contributed by atoms with Crippen LogP contribution in [0.25, 0.3) is 0 Å². The Balaban J connectivity index is 2.24. The molecular weight excluding hydrogens is 176 g/mol. The Morgan fingerprint density at radius 2 is 2.36 bits per heavy atom. The lowest BCUT2D eigenvalue weighted by Crippen LogP contribution is -2.09. The fourth-order valence-electron chi connectivity index (χ4n) is 2.18. The minimum atomic E-state index is 0.227. The van der Waals surface area contributed by atoms with Gasteiger partial charge in [0.2, 0.25) is 0 Å². The van der Waals surface area contributed by atoms with E-state index in [0.717, 1.165) is 6.42 Å². The molecular formula is C11H18N2O. The van der Waals surface area contributed by atoms with E-state index >= 15 is 0 Å². The van der Waals surface area contributed by atoms with E-state index in [1.54, 1.807) is 7.11 Å². The van der Waals surface area contributed by atoms with Gasteiger partial charge in [0.25, 0.3) is 0 Å². The van der Waals surface area contributed by atoms with Crippen molar-refractivity contribution < 1.29 is 4.74 Å². The van der Waals surface area contributed by atoms with Crippen LogP contribution in [0.4, 0.5) is 0 Å². The molecule has 1 aliphatic rings. The molecule has 0 aliphatic heterocycles. The summed E-state index contributed by atoms with van der Waals surface area (Å²) in [6.07, 6.45) is 9.10. The van der Waals surface area contributed by atoms with Crippen LogP contribution in [-0.2, 0) is 17.9 Å². The molecule has 3 nitrogen and oxygen atoms in total. The number of aryl methyl sites for hydroxylation is 1. The van der Waals surface area contributed by atoms with Gasteiger partial charge in [-0.25, -0.2) is 0 Å². The van der Waals surface area contributed by atoms with Crippen molar-refractivity contribution in [1.82, 2.24) is 4.57 Å². The predicted octanol–water partition coefficient (Wildman–Crippen LogP) is 1.82. The van der Waals surface area contributed by atoms with Crippen molar-refractivity contribution in [1.29, 1.82) is 0 Å². The first-order valence-electron chi connectivity index (χ1n) is 5.24. The van der Waals surface area contributed by atoms with Gasteiger partial charge in [0, 0.05) is 25.5 Å². The lowest BCUT2D eigenvalue weighted by molar-refractivity contribution is 0.131. The fraction of sp³-hybridized carbons (Fsp3) is 0.636. The summed E-state index contributed by atoms with van der Waals surface area (Å²) in [6.45, 7) is 0.625. The summed E-state index contributed by atoms with van der Waals surface area (Å²) < 4.78 is 7.17. The highest BCUT2D eigenvalue weighted by molar-refractivity contribution is 5.28. The maximum Gasteiger partial charge on any atom is 0.121 e. The zero-order chi connectivity index (χ0) is 9.97. The summed E-state index contributed by atoms with van der Waals surface area (Å²) in [5.74, 6) is 0. The topological polar surface area (TPSA) is 40.2 Å². The number of nitrogens with zero attached hydrogens (tertiary/aromatic N) is 1. The van der Waals surface area contributed by atoms with E-state index in [-0.39, 0.29) is 6.04 Å². The summed E-state index contributed by atoms with van der Waals surface area (Å²) in [5.41, 5.74) is 8.83. The van der Waals surface area contributed by atoms with Gasteiger partial charge in [0.05, 0.1) is 0 Å². The zero-order valence-electron chi connectivity index (χ0n) is 8.70. The molecule has 0 saturated carbocycles. The van der Waals surface area contributed by atoms with Crippen LogP contribution in [0.1, 0.15) is 36.4 Å². The normalized spacial score (nSPS) is 21.7. The molecule has 1 atom stereocenters. The van der Waals surface area contributed by atoms with Crippen LogP contribution in [0.15, 0.2) is 12.4 Å². The number of fused-ring (bicyclic) bond motifs is 1. The lowest BCUT2D eigenvalue weighted by atomic mass is 10.1. The van der Waals surface area contributed by atoms with Gasteiger partial charge in [0.15, 0.2) is 0 Å². The van der Waals surface area contributed by atoms with Crippen LogP contribution in [0.5, 0.6) is 0 Å². The highest BCUT2D eigenvalue weighted by atomic mass is 16.5. The quantitative estimate of drug-likeness (QED) is 0.729. The lowest BCUT2D eigenvalue weighted by Gasteiger charge is -2.07. The molecule has 2 N–H and O–H groups in total. The number of ether oxygens (including phenoxy) is 1. The average molecular weight is 194 g/mol. The van der Waals surface area contributed by atoms with Crippen LogP contribution in [-0.4, -0.2) is 11.7 Å². The Hall–Kier alpha value is -0.800. The predicted molar refractivity (Wildman–Crippen MR) is 55.9 cm³/mol. The molecule has 0 spiro atoms.